The molecule has 3 N–H and O–H groups in total. The van der Waals surface area contributed by atoms with Crippen molar-refractivity contribution < 1.29 is 4.42 Å². The molecular formula is C10H11N3O. The van der Waals surface area contributed by atoms with Gasteiger partial charge in [0.25, 0.3) is 6.01 Å². The van der Waals surface area contributed by atoms with Crippen molar-refractivity contribution in [2.75, 3.05) is 18.1 Å². The highest BCUT2D eigenvalue weighted by Gasteiger charge is 2.04. The van der Waals surface area contributed by atoms with Crippen LogP contribution in [0.2, 0.25) is 0 Å². The average Bonchev–Trinajstić information content (AvgIpc) is 2.66. The van der Waals surface area contributed by atoms with Crippen LogP contribution in [0, 0.1) is 0 Å². The molecule has 2 rings (SSSR count). The molecule has 0 aliphatic rings. The van der Waals surface area contributed by atoms with Crippen LogP contribution in [-0.2, 0) is 0 Å². The predicted molar refractivity (Wildman–Crippen MR) is 55.9 cm³/mol. The number of nitrogens with zero attached hydrogens (tertiary/aromatic N) is 1. The van der Waals surface area contributed by atoms with Crippen molar-refractivity contribution in [3.05, 3.63) is 30.5 Å². The molecule has 4 heteroatoms. The van der Waals surface area contributed by atoms with Gasteiger partial charge in [0.1, 0.15) is 0 Å². The summed E-state index contributed by atoms with van der Waals surface area (Å²) in [5, 5.41) is 2.82. The van der Waals surface area contributed by atoms with Gasteiger partial charge in [-0.25, -0.2) is 4.98 Å². The van der Waals surface area contributed by atoms with Crippen LogP contribution in [0.4, 0.5) is 11.7 Å². The Balaban J connectivity index is 2.39. The molecule has 0 radical (unpaired) electrons. The molecule has 0 saturated heterocycles. The fourth-order valence-corrected chi connectivity index (χ4v) is 1.22. The standard InChI is InChI=1S/C10H11N3O/c1-12-10-13-6-9(14-10)7-3-2-4-8(11)5-7/h2-6H,11H2,1H3,(H,12,13). The summed E-state index contributed by atoms with van der Waals surface area (Å²) in [4.78, 5) is 4.02. The number of oxazole rings is 1. The number of nitrogens with two attached hydrogens (primary N) is 1. The summed E-state index contributed by atoms with van der Waals surface area (Å²) in [5.41, 5.74) is 7.30. The Morgan fingerprint density at radius 3 is 2.93 bits per heavy atom. The van der Waals surface area contributed by atoms with E-state index in [0.717, 1.165) is 5.56 Å². The SMILES string of the molecule is CNc1ncc(-c2cccc(N)c2)o1. The van der Waals surface area contributed by atoms with Crippen molar-refractivity contribution in [1.29, 1.82) is 0 Å². The molecular weight excluding hydrogens is 178 g/mol. The number of nitrogens with one attached hydrogen (secondary N) is 1. The summed E-state index contributed by atoms with van der Waals surface area (Å²) in [5.74, 6) is 0.710. The van der Waals surface area contributed by atoms with Crippen LogP contribution in [0.25, 0.3) is 11.3 Å². The maximum Gasteiger partial charge on any atom is 0.294 e. The first kappa shape index (κ1) is 8.62. The molecule has 1 aromatic carbocycles. The summed E-state index contributed by atoms with van der Waals surface area (Å²) in [7, 11) is 1.76. The highest BCUT2D eigenvalue weighted by atomic mass is 16.4. The molecule has 0 amide bonds. The van der Waals surface area contributed by atoms with Gasteiger partial charge >= 0.3 is 0 Å². The van der Waals surface area contributed by atoms with E-state index < -0.39 is 0 Å². The van der Waals surface area contributed by atoms with Crippen LogP contribution in [0.1, 0.15) is 0 Å². The molecule has 0 aliphatic carbocycles. The zero-order valence-corrected chi connectivity index (χ0v) is 7.82. The Morgan fingerprint density at radius 1 is 1.43 bits per heavy atom. The maximum absolute atomic E-state index is 5.66. The van der Waals surface area contributed by atoms with E-state index in [1.165, 1.54) is 0 Å². The summed E-state index contributed by atoms with van der Waals surface area (Å²) in [6.45, 7) is 0. The van der Waals surface area contributed by atoms with Crippen molar-refractivity contribution in [3.63, 3.8) is 0 Å². The molecule has 0 bridgehead atoms. The quantitative estimate of drug-likeness (QED) is 0.709. The van der Waals surface area contributed by atoms with E-state index in [4.69, 9.17) is 10.2 Å². The largest absolute Gasteiger partial charge is 0.424 e. The average molecular weight is 189 g/mol. The van der Waals surface area contributed by atoms with Gasteiger partial charge in [-0.3, -0.25) is 0 Å². The van der Waals surface area contributed by atoms with Crippen molar-refractivity contribution in [2.45, 2.75) is 0 Å². The number of aromatic nitrogens is 1. The Labute approximate surface area is 81.8 Å². The van der Waals surface area contributed by atoms with E-state index in [2.05, 4.69) is 10.3 Å². The predicted octanol–water partition coefficient (Wildman–Crippen LogP) is 1.97. The van der Waals surface area contributed by atoms with Gasteiger partial charge in [0.15, 0.2) is 5.76 Å². The van der Waals surface area contributed by atoms with Crippen molar-refractivity contribution >= 4 is 11.7 Å². The monoisotopic (exact) mass is 189 g/mol. The molecule has 0 atom stereocenters. The third kappa shape index (κ3) is 1.54. The Bertz CT molecular complexity index is 436. The van der Waals surface area contributed by atoms with Gasteiger partial charge in [0, 0.05) is 18.3 Å². The zero-order valence-electron chi connectivity index (χ0n) is 7.82. The van der Waals surface area contributed by atoms with Gasteiger partial charge in [0.05, 0.1) is 6.20 Å². The third-order valence-corrected chi connectivity index (χ3v) is 1.89. The second-order valence-corrected chi connectivity index (χ2v) is 2.91. The molecule has 1 aromatic heterocycles. The third-order valence-electron chi connectivity index (χ3n) is 1.89. The highest BCUT2D eigenvalue weighted by Crippen LogP contribution is 2.23. The number of hydrogen-bond donors (Lipinski definition) is 2. The van der Waals surface area contributed by atoms with E-state index in [1.54, 1.807) is 13.2 Å². The summed E-state index contributed by atoms with van der Waals surface area (Å²) in [6, 6.07) is 7.99. The number of rotatable bonds is 2. The first-order valence-electron chi connectivity index (χ1n) is 4.29. The van der Waals surface area contributed by atoms with E-state index in [-0.39, 0.29) is 0 Å². The number of anilines is 2. The molecule has 0 saturated carbocycles. The van der Waals surface area contributed by atoms with Crippen molar-refractivity contribution in [1.82, 2.24) is 4.98 Å². The molecule has 2 aromatic rings. The molecule has 0 aliphatic heterocycles. The van der Waals surface area contributed by atoms with Crippen LogP contribution in [0.3, 0.4) is 0 Å². The van der Waals surface area contributed by atoms with Gasteiger partial charge in [0.2, 0.25) is 0 Å². The number of hydrogen-bond acceptors (Lipinski definition) is 4. The highest BCUT2D eigenvalue weighted by molar-refractivity contribution is 5.62. The lowest BCUT2D eigenvalue weighted by molar-refractivity contribution is 0.590. The minimum absolute atomic E-state index is 0.502. The fraction of sp³-hybridized carbons (Fsp3) is 0.100. The molecule has 0 fully saturated rings. The molecule has 14 heavy (non-hydrogen) atoms. The molecule has 72 valence electrons. The summed E-state index contributed by atoms with van der Waals surface area (Å²) in [6.07, 6.45) is 1.67. The Morgan fingerprint density at radius 2 is 2.29 bits per heavy atom. The van der Waals surface area contributed by atoms with Gasteiger partial charge in [-0.15, -0.1) is 0 Å². The second kappa shape index (κ2) is 3.41. The van der Waals surface area contributed by atoms with Gasteiger partial charge in [-0.05, 0) is 12.1 Å². The Hall–Kier alpha value is -1.97. The number of benzene rings is 1. The molecule has 4 nitrogen and oxygen atoms in total. The first-order valence-corrected chi connectivity index (χ1v) is 4.29. The Kier molecular flexibility index (Phi) is 2.10. The van der Waals surface area contributed by atoms with Gasteiger partial charge < -0.3 is 15.5 Å². The van der Waals surface area contributed by atoms with Gasteiger partial charge in [-0.1, -0.05) is 12.1 Å². The molecule has 0 unspecified atom stereocenters. The topological polar surface area (TPSA) is 64.1 Å². The zero-order chi connectivity index (χ0) is 9.97. The van der Waals surface area contributed by atoms with Gasteiger partial charge in [-0.2, -0.15) is 0 Å². The minimum Gasteiger partial charge on any atom is -0.424 e. The van der Waals surface area contributed by atoms with E-state index >= 15 is 0 Å². The van der Waals surface area contributed by atoms with E-state index in [9.17, 15) is 0 Å². The van der Waals surface area contributed by atoms with Crippen LogP contribution in [-0.4, -0.2) is 12.0 Å². The van der Waals surface area contributed by atoms with Crippen molar-refractivity contribution in [2.24, 2.45) is 0 Å². The van der Waals surface area contributed by atoms with E-state index in [1.807, 2.05) is 24.3 Å². The van der Waals surface area contributed by atoms with Crippen LogP contribution in [0.5, 0.6) is 0 Å². The second-order valence-electron chi connectivity index (χ2n) is 2.91. The maximum atomic E-state index is 5.66. The van der Waals surface area contributed by atoms with Crippen molar-refractivity contribution in [3.8, 4) is 11.3 Å². The minimum atomic E-state index is 0.502. The van der Waals surface area contributed by atoms with Crippen LogP contribution >= 0.6 is 0 Å². The number of nitrogen functional groups attached to an aromatic ring is 1. The lowest BCUT2D eigenvalue weighted by Gasteiger charge is -1.97. The lowest BCUT2D eigenvalue weighted by Crippen LogP contribution is -1.85. The molecule has 1 heterocycles. The summed E-state index contributed by atoms with van der Waals surface area (Å²) >= 11 is 0. The van der Waals surface area contributed by atoms with E-state index in [0.29, 0.717) is 17.5 Å². The van der Waals surface area contributed by atoms with Crippen LogP contribution in [0.15, 0.2) is 34.9 Å². The normalized spacial score (nSPS) is 10.1. The lowest BCUT2D eigenvalue weighted by atomic mass is 10.2. The smallest absolute Gasteiger partial charge is 0.294 e. The fourth-order valence-electron chi connectivity index (χ4n) is 1.22. The summed E-state index contributed by atoms with van der Waals surface area (Å²) < 4.78 is 5.40. The first-order chi connectivity index (χ1) is 6.79. The van der Waals surface area contributed by atoms with Crippen LogP contribution < -0.4 is 11.1 Å². The molecule has 0 spiro atoms.